The number of nitrogens with two attached hydrogens (primary N) is 1. The van der Waals surface area contributed by atoms with E-state index in [1.54, 1.807) is 0 Å². The Labute approximate surface area is 114 Å². The molecule has 8 heteroatoms. The molecule has 1 saturated heterocycles. The van der Waals surface area contributed by atoms with Gasteiger partial charge in [-0.25, -0.2) is 9.78 Å². The van der Waals surface area contributed by atoms with Gasteiger partial charge < -0.3 is 15.8 Å². The molecule has 3 N–H and O–H groups in total. The molecule has 1 aromatic rings. The van der Waals surface area contributed by atoms with Gasteiger partial charge in [-0.05, 0) is 12.1 Å². The number of pyridine rings is 1. The van der Waals surface area contributed by atoms with Gasteiger partial charge in [-0.3, -0.25) is 14.5 Å². The second kappa shape index (κ2) is 5.16. The van der Waals surface area contributed by atoms with E-state index in [9.17, 15) is 14.4 Å². The first-order valence-electron chi connectivity index (χ1n) is 5.85. The van der Waals surface area contributed by atoms with E-state index in [0.717, 1.165) is 4.90 Å². The van der Waals surface area contributed by atoms with Crippen molar-refractivity contribution < 1.29 is 19.1 Å². The maximum Gasteiger partial charge on any atom is 0.356 e. The molecular formula is C12H14N4O4. The quantitative estimate of drug-likeness (QED) is 0.572. The fourth-order valence-corrected chi connectivity index (χ4v) is 1.84. The average Bonchev–Trinajstić information content (AvgIpc) is 2.68. The Morgan fingerprint density at radius 2 is 2.20 bits per heavy atom. The van der Waals surface area contributed by atoms with Crippen LogP contribution >= 0.6 is 0 Å². The van der Waals surface area contributed by atoms with Gasteiger partial charge in [0.15, 0.2) is 11.5 Å². The fourth-order valence-electron chi connectivity index (χ4n) is 1.84. The number of hydrogen-bond donors (Lipinski definition) is 2. The molecule has 1 aromatic heterocycles. The lowest BCUT2D eigenvalue weighted by Gasteiger charge is -2.13. The number of likely N-dealkylation sites (N-methyl/N-ethyl adjacent to an activating group) is 1. The van der Waals surface area contributed by atoms with Gasteiger partial charge in [0.2, 0.25) is 5.91 Å². The zero-order chi connectivity index (χ0) is 14.9. The molecule has 0 spiro atoms. The molecule has 0 bridgehead atoms. The minimum absolute atomic E-state index is 0.0267. The smallest absolute Gasteiger partial charge is 0.356 e. The molecule has 0 saturated carbocycles. The third kappa shape index (κ3) is 2.40. The summed E-state index contributed by atoms with van der Waals surface area (Å²) in [5.41, 5.74) is 6.07. The Hall–Kier alpha value is -2.64. The number of carbonyl (C=O) groups excluding carboxylic acids is 3. The molecule has 2 rings (SSSR count). The number of methoxy groups -OCH3 is 1. The third-order valence-electron chi connectivity index (χ3n) is 3.01. The molecule has 1 unspecified atom stereocenters. The molecule has 1 aliphatic rings. The zero-order valence-corrected chi connectivity index (χ0v) is 11.0. The Balaban J connectivity index is 2.23. The highest BCUT2D eigenvalue weighted by atomic mass is 16.5. The number of hydrogen-bond acceptors (Lipinski definition) is 7. The van der Waals surface area contributed by atoms with Crippen molar-refractivity contribution in [1.29, 1.82) is 0 Å². The van der Waals surface area contributed by atoms with Crippen LogP contribution in [0, 0.1) is 0 Å². The van der Waals surface area contributed by atoms with Crippen LogP contribution in [0.25, 0.3) is 0 Å². The molecule has 106 valence electrons. The summed E-state index contributed by atoms with van der Waals surface area (Å²) in [4.78, 5) is 39.7. The van der Waals surface area contributed by atoms with Crippen molar-refractivity contribution in [2.45, 2.75) is 12.5 Å². The van der Waals surface area contributed by atoms with Crippen molar-refractivity contribution in [3.8, 4) is 0 Å². The number of nitrogens with one attached hydrogen (secondary N) is 1. The number of carbonyl (C=O) groups is 3. The lowest BCUT2D eigenvalue weighted by Crippen LogP contribution is -2.32. The number of rotatable bonds is 3. The Morgan fingerprint density at radius 3 is 2.75 bits per heavy atom. The summed E-state index contributed by atoms with van der Waals surface area (Å²) in [6.45, 7) is 0. The summed E-state index contributed by atoms with van der Waals surface area (Å²) in [7, 11) is 2.65. The van der Waals surface area contributed by atoms with Gasteiger partial charge in [0, 0.05) is 7.05 Å². The van der Waals surface area contributed by atoms with Crippen LogP contribution in [0.15, 0.2) is 12.1 Å². The SMILES string of the molecule is COC(=O)c1ccc(N)c(NC2CC(=O)N(C)C2=O)n1. The van der Waals surface area contributed by atoms with Crippen LogP contribution in [-0.2, 0) is 14.3 Å². The van der Waals surface area contributed by atoms with E-state index in [-0.39, 0.29) is 35.4 Å². The van der Waals surface area contributed by atoms with Crippen LogP contribution in [0.1, 0.15) is 16.9 Å². The van der Waals surface area contributed by atoms with Gasteiger partial charge in [-0.2, -0.15) is 0 Å². The first-order chi connectivity index (χ1) is 9.43. The van der Waals surface area contributed by atoms with Crippen LogP contribution < -0.4 is 11.1 Å². The number of esters is 1. The summed E-state index contributed by atoms with van der Waals surface area (Å²) in [6, 6.07) is 2.17. The predicted molar refractivity (Wildman–Crippen MR) is 69.8 cm³/mol. The minimum atomic E-state index is -0.727. The summed E-state index contributed by atoms with van der Waals surface area (Å²) < 4.78 is 4.56. The number of ether oxygens (including phenoxy) is 1. The molecule has 20 heavy (non-hydrogen) atoms. The lowest BCUT2D eigenvalue weighted by molar-refractivity contribution is -0.136. The number of aromatic nitrogens is 1. The van der Waals surface area contributed by atoms with Gasteiger partial charge in [-0.15, -0.1) is 0 Å². The van der Waals surface area contributed by atoms with E-state index in [4.69, 9.17) is 5.73 Å². The Bertz CT molecular complexity index is 587. The van der Waals surface area contributed by atoms with Crippen molar-refractivity contribution >= 4 is 29.3 Å². The Morgan fingerprint density at radius 1 is 1.50 bits per heavy atom. The molecule has 1 atom stereocenters. The summed E-state index contributed by atoms with van der Waals surface area (Å²) >= 11 is 0. The van der Waals surface area contributed by atoms with E-state index in [1.807, 2.05) is 0 Å². The summed E-state index contributed by atoms with van der Waals surface area (Å²) in [6.07, 6.45) is 0.0267. The molecular weight excluding hydrogens is 264 g/mol. The second-order valence-corrected chi connectivity index (χ2v) is 4.32. The van der Waals surface area contributed by atoms with Crippen molar-refractivity contribution in [2.24, 2.45) is 0 Å². The molecule has 2 amide bonds. The van der Waals surface area contributed by atoms with Crippen molar-refractivity contribution in [2.75, 3.05) is 25.2 Å². The maximum absolute atomic E-state index is 11.8. The van der Waals surface area contributed by atoms with Crippen LogP contribution in [-0.4, -0.2) is 47.9 Å². The zero-order valence-electron chi connectivity index (χ0n) is 11.0. The number of nitrogen functional groups attached to an aromatic ring is 1. The number of anilines is 2. The van der Waals surface area contributed by atoms with Crippen LogP contribution in [0.3, 0.4) is 0 Å². The van der Waals surface area contributed by atoms with Crippen molar-refractivity contribution in [1.82, 2.24) is 9.88 Å². The highest BCUT2D eigenvalue weighted by Gasteiger charge is 2.36. The van der Waals surface area contributed by atoms with E-state index in [2.05, 4.69) is 15.0 Å². The average molecular weight is 278 g/mol. The van der Waals surface area contributed by atoms with Gasteiger partial charge in [0.05, 0.1) is 19.2 Å². The third-order valence-corrected chi connectivity index (χ3v) is 3.01. The van der Waals surface area contributed by atoms with Crippen molar-refractivity contribution in [3.05, 3.63) is 17.8 Å². The van der Waals surface area contributed by atoms with E-state index < -0.39 is 12.0 Å². The van der Waals surface area contributed by atoms with Gasteiger partial charge in [0.1, 0.15) is 6.04 Å². The van der Waals surface area contributed by atoms with E-state index in [1.165, 1.54) is 26.3 Å². The molecule has 0 aromatic carbocycles. The second-order valence-electron chi connectivity index (χ2n) is 4.32. The van der Waals surface area contributed by atoms with Gasteiger partial charge >= 0.3 is 5.97 Å². The van der Waals surface area contributed by atoms with Crippen LogP contribution in [0.4, 0.5) is 11.5 Å². The van der Waals surface area contributed by atoms with Crippen molar-refractivity contribution in [3.63, 3.8) is 0 Å². The molecule has 8 nitrogen and oxygen atoms in total. The highest BCUT2D eigenvalue weighted by molar-refractivity contribution is 6.06. The highest BCUT2D eigenvalue weighted by Crippen LogP contribution is 2.21. The van der Waals surface area contributed by atoms with Crippen LogP contribution in [0.5, 0.6) is 0 Å². The first-order valence-corrected chi connectivity index (χ1v) is 5.85. The summed E-state index contributed by atoms with van der Waals surface area (Å²) in [5.74, 6) is -1.08. The standard InChI is InChI=1S/C12H14N4O4/c1-16-9(17)5-8(11(16)18)15-10-6(13)3-4-7(14-10)12(19)20-2/h3-4,8H,5,13H2,1-2H3,(H,14,15). The molecule has 1 aliphatic heterocycles. The molecule has 2 heterocycles. The van der Waals surface area contributed by atoms with Gasteiger partial charge in [0.25, 0.3) is 5.91 Å². The fraction of sp³-hybridized carbons (Fsp3) is 0.333. The molecule has 1 fully saturated rings. The maximum atomic E-state index is 11.8. The topological polar surface area (TPSA) is 115 Å². The van der Waals surface area contributed by atoms with E-state index in [0.29, 0.717) is 0 Å². The predicted octanol–water partition coefficient (Wildman–Crippen LogP) is -0.380. The number of amides is 2. The number of nitrogens with zero attached hydrogens (tertiary/aromatic N) is 2. The van der Waals surface area contributed by atoms with E-state index >= 15 is 0 Å². The molecule has 0 aliphatic carbocycles. The largest absolute Gasteiger partial charge is 0.464 e. The van der Waals surface area contributed by atoms with Crippen LogP contribution in [0.2, 0.25) is 0 Å². The Kier molecular flexibility index (Phi) is 3.55. The van der Waals surface area contributed by atoms with Gasteiger partial charge in [-0.1, -0.05) is 0 Å². The normalized spacial score (nSPS) is 18.3. The number of imide groups is 1. The minimum Gasteiger partial charge on any atom is -0.464 e. The molecule has 0 radical (unpaired) electrons. The monoisotopic (exact) mass is 278 g/mol. The number of likely N-dealkylation sites (tertiary alicyclic amines) is 1. The lowest BCUT2D eigenvalue weighted by atomic mass is 10.2. The summed E-state index contributed by atoms with van der Waals surface area (Å²) in [5, 5.41) is 2.78. The first kappa shape index (κ1) is 13.8.